The van der Waals surface area contributed by atoms with E-state index in [1.165, 1.54) is 18.2 Å². The lowest BCUT2D eigenvalue weighted by Gasteiger charge is -2.04. The van der Waals surface area contributed by atoms with Crippen molar-refractivity contribution in [1.29, 1.82) is 0 Å². The van der Waals surface area contributed by atoms with E-state index >= 15 is 0 Å². The van der Waals surface area contributed by atoms with Gasteiger partial charge >= 0.3 is 0 Å². The van der Waals surface area contributed by atoms with Crippen molar-refractivity contribution in [2.24, 2.45) is 5.10 Å². The van der Waals surface area contributed by atoms with Gasteiger partial charge in [0, 0.05) is 5.02 Å². The summed E-state index contributed by atoms with van der Waals surface area (Å²) in [6, 6.07) is 12.8. The SMILES string of the molecule is CC(=NNC(=O)c1ccccc1F)c1ccc(Cl)cc1. The molecule has 0 unspecified atom stereocenters. The summed E-state index contributed by atoms with van der Waals surface area (Å²) in [6.07, 6.45) is 0. The van der Waals surface area contributed by atoms with Crippen LogP contribution in [0.5, 0.6) is 0 Å². The van der Waals surface area contributed by atoms with E-state index in [0.29, 0.717) is 10.7 Å². The van der Waals surface area contributed by atoms with Gasteiger partial charge in [0.25, 0.3) is 5.91 Å². The van der Waals surface area contributed by atoms with Gasteiger partial charge in [-0.25, -0.2) is 9.82 Å². The second kappa shape index (κ2) is 6.30. The number of nitrogens with zero attached hydrogens (tertiary/aromatic N) is 1. The summed E-state index contributed by atoms with van der Waals surface area (Å²) in [5.74, 6) is -1.17. The van der Waals surface area contributed by atoms with Crippen LogP contribution in [0.25, 0.3) is 0 Å². The van der Waals surface area contributed by atoms with Crippen LogP contribution in [-0.4, -0.2) is 11.6 Å². The molecule has 5 heteroatoms. The van der Waals surface area contributed by atoms with Crippen LogP contribution >= 0.6 is 11.6 Å². The summed E-state index contributed by atoms with van der Waals surface area (Å²) < 4.78 is 13.4. The van der Waals surface area contributed by atoms with Crippen LogP contribution in [0, 0.1) is 5.82 Å². The molecule has 0 aromatic heterocycles. The van der Waals surface area contributed by atoms with Gasteiger partial charge < -0.3 is 0 Å². The van der Waals surface area contributed by atoms with E-state index < -0.39 is 11.7 Å². The fraction of sp³-hybridized carbons (Fsp3) is 0.0667. The maximum atomic E-state index is 13.4. The maximum absolute atomic E-state index is 13.4. The number of nitrogens with one attached hydrogen (secondary N) is 1. The molecule has 0 aliphatic carbocycles. The zero-order valence-electron chi connectivity index (χ0n) is 10.7. The Morgan fingerprint density at radius 3 is 2.45 bits per heavy atom. The highest BCUT2D eigenvalue weighted by Crippen LogP contribution is 2.10. The molecule has 0 spiro atoms. The molecule has 1 N–H and O–H groups in total. The predicted octanol–water partition coefficient (Wildman–Crippen LogP) is 3.63. The summed E-state index contributed by atoms with van der Waals surface area (Å²) >= 11 is 5.79. The summed E-state index contributed by atoms with van der Waals surface area (Å²) in [5.41, 5.74) is 3.71. The number of amides is 1. The third-order valence-electron chi connectivity index (χ3n) is 2.71. The smallest absolute Gasteiger partial charge is 0.267 e. The third kappa shape index (κ3) is 3.42. The Morgan fingerprint density at radius 1 is 1.15 bits per heavy atom. The molecular formula is C15H12ClFN2O. The highest BCUT2D eigenvalue weighted by atomic mass is 35.5. The Morgan fingerprint density at radius 2 is 1.80 bits per heavy atom. The second-order valence-corrected chi connectivity index (χ2v) is 4.56. The lowest BCUT2D eigenvalue weighted by Crippen LogP contribution is -2.20. The molecule has 2 aromatic rings. The average Bonchev–Trinajstić information content (AvgIpc) is 2.45. The Kier molecular flexibility index (Phi) is 4.48. The molecule has 1 amide bonds. The molecule has 0 atom stereocenters. The van der Waals surface area contributed by atoms with Gasteiger partial charge in [-0.3, -0.25) is 4.79 Å². The number of hydrazone groups is 1. The van der Waals surface area contributed by atoms with Crippen molar-refractivity contribution < 1.29 is 9.18 Å². The molecule has 0 radical (unpaired) electrons. The van der Waals surface area contributed by atoms with Crippen LogP contribution in [0.15, 0.2) is 53.6 Å². The number of benzene rings is 2. The number of rotatable bonds is 3. The fourth-order valence-corrected chi connectivity index (χ4v) is 1.72. The minimum Gasteiger partial charge on any atom is -0.267 e. The van der Waals surface area contributed by atoms with E-state index in [4.69, 9.17) is 11.6 Å². The minimum atomic E-state index is -0.587. The minimum absolute atomic E-state index is 0.0415. The van der Waals surface area contributed by atoms with Crippen LogP contribution in [0.2, 0.25) is 5.02 Å². The molecule has 0 aliphatic rings. The average molecular weight is 291 g/mol. The molecule has 20 heavy (non-hydrogen) atoms. The molecular weight excluding hydrogens is 279 g/mol. The first-order valence-electron chi connectivity index (χ1n) is 5.93. The Labute approximate surface area is 121 Å². The molecule has 0 saturated carbocycles. The van der Waals surface area contributed by atoms with E-state index in [9.17, 15) is 9.18 Å². The zero-order valence-corrected chi connectivity index (χ0v) is 11.5. The first kappa shape index (κ1) is 14.2. The van der Waals surface area contributed by atoms with E-state index in [1.54, 1.807) is 37.3 Å². The van der Waals surface area contributed by atoms with Crippen molar-refractivity contribution in [1.82, 2.24) is 5.43 Å². The van der Waals surface area contributed by atoms with Crippen molar-refractivity contribution in [3.8, 4) is 0 Å². The second-order valence-electron chi connectivity index (χ2n) is 4.12. The van der Waals surface area contributed by atoms with Crippen LogP contribution in [0.4, 0.5) is 4.39 Å². The van der Waals surface area contributed by atoms with Gasteiger partial charge in [-0.2, -0.15) is 5.10 Å². The quantitative estimate of drug-likeness (QED) is 0.680. The first-order valence-corrected chi connectivity index (χ1v) is 6.31. The van der Waals surface area contributed by atoms with Gasteiger partial charge in [0.05, 0.1) is 11.3 Å². The molecule has 0 aliphatic heterocycles. The van der Waals surface area contributed by atoms with E-state index in [2.05, 4.69) is 10.5 Å². The van der Waals surface area contributed by atoms with Crippen molar-refractivity contribution in [2.75, 3.05) is 0 Å². The van der Waals surface area contributed by atoms with Gasteiger partial charge in [0.1, 0.15) is 5.82 Å². The Balaban J connectivity index is 2.11. The van der Waals surface area contributed by atoms with Crippen molar-refractivity contribution in [3.05, 3.63) is 70.5 Å². The van der Waals surface area contributed by atoms with Crippen LogP contribution < -0.4 is 5.43 Å². The summed E-state index contributed by atoms with van der Waals surface area (Å²) in [7, 11) is 0. The maximum Gasteiger partial charge on any atom is 0.274 e. The number of carbonyl (C=O) groups is 1. The zero-order chi connectivity index (χ0) is 14.5. The molecule has 2 aromatic carbocycles. The molecule has 2 rings (SSSR count). The highest BCUT2D eigenvalue weighted by Gasteiger charge is 2.09. The van der Waals surface area contributed by atoms with Crippen LogP contribution in [-0.2, 0) is 0 Å². The summed E-state index contributed by atoms with van der Waals surface area (Å²) in [5, 5.41) is 4.57. The van der Waals surface area contributed by atoms with Gasteiger partial charge in [0.15, 0.2) is 0 Å². The molecule has 0 bridgehead atoms. The number of hydrogen-bond acceptors (Lipinski definition) is 2. The van der Waals surface area contributed by atoms with Gasteiger partial charge in [-0.1, -0.05) is 35.9 Å². The monoisotopic (exact) mass is 290 g/mol. The van der Waals surface area contributed by atoms with Crippen LogP contribution in [0.1, 0.15) is 22.8 Å². The molecule has 0 fully saturated rings. The van der Waals surface area contributed by atoms with Crippen molar-refractivity contribution in [2.45, 2.75) is 6.92 Å². The standard InChI is InChI=1S/C15H12ClFN2O/c1-10(11-6-8-12(16)9-7-11)18-19-15(20)13-4-2-3-5-14(13)17/h2-9H,1H3,(H,19,20). The van der Waals surface area contributed by atoms with Crippen molar-refractivity contribution >= 4 is 23.2 Å². The highest BCUT2D eigenvalue weighted by molar-refractivity contribution is 6.30. The van der Waals surface area contributed by atoms with Gasteiger partial charge in [-0.05, 0) is 36.8 Å². The molecule has 0 saturated heterocycles. The van der Waals surface area contributed by atoms with Crippen LogP contribution in [0.3, 0.4) is 0 Å². The summed E-state index contributed by atoms with van der Waals surface area (Å²) in [6.45, 7) is 1.74. The number of carbonyl (C=O) groups excluding carboxylic acids is 1. The summed E-state index contributed by atoms with van der Waals surface area (Å²) in [4.78, 5) is 11.8. The predicted molar refractivity (Wildman–Crippen MR) is 77.5 cm³/mol. The Bertz CT molecular complexity index is 653. The largest absolute Gasteiger partial charge is 0.274 e. The topological polar surface area (TPSA) is 41.5 Å². The lowest BCUT2D eigenvalue weighted by atomic mass is 10.1. The van der Waals surface area contributed by atoms with Gasteiger partial charge in [0.2, 0.25) is 0 Å². The lowest BCUT2D eigenvalue weighted by molar-refractivity contribution is 0.0951. The number of halogens is 2. The molecule has 3 nitrogen and oxygen atoms in total. The molecule has 102 valence electrons. The fourth-order valence-electron chi connectivity index (χ4n) is 1.60. The number of hydrogen-bond donors (Lipinski definition) is 1. The van der Waals surface area contributed by atoms with E-state index in [1.807, 2.05) is 0 Å². The Hall–Kier alpha value is -2.20. The first-order chi connectivity index (χ1) is 9.58. The third-order valence-corrected chi connectivity index (χ3v) is 2.96. The van der Waals surface area contributed by atoms with Crippen molar-refractivity contribution in [3.63, 3.8) is 0 Å². The van der Waals surface area contributed by atoms with E-state index in [-0.39, 0.29) is 5.56 Å². The molecule has 0 heterocycles. The normalized spacial score (nSPS) is 11.2. The van der Waals surface area contributed by atoms with Gasteiger partial charge in [-0.15, -0.1) is 0 Å². The van der Waals surface area contributed by atoms with E-state index in [0.717, 1.165) is 5.56 Å².